The molecule has 0 amide bonds. The third-order valence-corrected chi connectivity index (χ3v) is 5.94. The number of benzene rings is 2. The summed E-state index contributed by atoms with van der Waals surface area (Å²) in [6.07, 6.45) is 1.72. The van der Waals surface area contributed by atoms with Gasteiger partial charge in [0.2, 0.25) is 0 Å². The first-order valence-electron chi connectivity index (χ1n) is 11.2. The largest absolute Gasteiger partial charge is 0.485 e. The van der Waals surface area contributed by atoms with E-state index >= 15 is 0 Å². The first-order chi connectivity index (χ1) is 16.4. The molecule has 0 saturated carbocycles. The Morgan fingerprint density at radius 1 is 0.882 bits per heavy atom. The fraction of sp³-hybridized carbons (Fsp3) is 0.179. The van der Waals surface area contributed by atoms with E-state index in [9.17, 15) is 4.79 Å². The number of rotatable bonds is 5. The van der Waals surface area contributed by atoms with Crippen molar-refractivity contribution in [2.75, 3.05) is 0 Å². The Kier molecular flexibility index (Phi) is 5.49. The Morgan fingerprint density at radius 2 is 1.56 bits per heavy atom. The SMILES string of the molecule is Cc1ccc(COc2cccn3c(=O)c(-c4cc(C)n(-c5ccc(C)cc5)n4)c(C)nc23)cc1. The molecule has 0 aliphatic heterocycles. The van der Waals surface area contributed by atoms with E-state index in [4.69, 9.17) is 14.8 Å². The van der Waals surface area contributed by atoms with Crippen molar-refractivity contribution in [3.8, 4) is 22.7 Å². The standard InChI is InChI=1S/C28H26N4O2/c1-18-7-11-22(12-8-18)17-34-25-6-5-15-31-27(25)29-21(4)26(28(31)33)24-16-20(3)32(30-24)23-13-9-19(2)10-14-23/h5-16H,17H2,1-4H3. The molecule has 0 fully saturated rings. The molecule has 0 aliphatic rings. The minimum atomic E-state index is -0.170. The lowest BCUT2D eigenvalue weighted by Crippen LogP contribution is -2.19. The molecule has 5 aromatic rings. The topological polar surface area (TPSA) is 61.4 Å². The summed E-state index contributed by atoms with van der Waals surface area (Å²) in [6.45, 7) is 8.33. The second kappa shape index (κ2) is 8.63. The van der Waals surface area contributed by atoms with Gasteiger partial charge in [0.05, 0.1) is 16.9 Å². The molecule has 0 bridgehead atoms. The molecule has 5 rings (SSSR count). The van der Waals surface area contributed by atoms with E-state index in [2.05, 4.69) is 26.0 Å². The lowest BCUT2D eigenvalue weighted by atomic mass is 10.1. The summed E-state index contributed by atoms with van der Waals surface area (Å²) < 4.78 is 9.44. The number of hydrogen-bond donors (Lipinski definition) is 0. The van der Waals surface area contributed by atoms with Crippen LogP contribution in [0.3, 0.4) is 0 Å². The van der Waals surface area contributed by atoms with Crippen molar-refractivity contribution in [1.82, 2.24) is 19.2 Å². The van der Waals surface area contributed by atoms with Crippen LogP contribution >= 0.6 is 0 Å². The van der Waals surface area contributed by atoms with Crippen molar-refractivity contribution in [3.63, 3.8) is 0 Å². The first-order valence-corrected chi connectivity index (χ1v) is 11.2. The molecule has 6 heteroatoms. The quantitative estimate of drug-likeness (QED) is 0.362. The van der Waals surface area contributed by atoms with Gasteiger partial charge in [0.25, 0.3) is 5.56 Å². The van der Waals surface area contributed by atoms with E-state index in [1.165, 1.54) is 15.5 Å². The van der Waals surface area contributed by atoms with Crippen molar-refractivity contribution >= 4 is 5.65 Å². The van der Waals surface area contributed by atoms with Crippen LogP contribution in [-0.2, 0) is 6.61 Å². The van der Waals surface area contributed by atoms with Gasteiger partial charge in [-0.25, -0.2) is 9.67 Å². The second-order valence-corrected chi connectivity index (χ2v) is 8.64. The van der Waals surface area contributed by atoms with Crippen LogP contribution in [0.15, 0.2) is 77.7 Å². The summed E-state index contributed by atoms with van der Waals surface area (Å²) in [5.74, 6) is 0.566. The maximum Gasteiger partial charge on any atom is 0.267 e. The predicted molar refractivity (Wildman–Crippen MR) is 134 cm³/mol. The molecule has 0 atom stereocenters. The maximum absolute atomic E-state index is 13.5. The molecule has 0 unspecified atom stereocenters. The van der Waals surface area contributed by atoms with Gasteiger partial charge in [0.1, 0.15) is 12.3 Å². The van der Waals surface area contributed by atoms with Crippen LogP contribution in [0.25, 0.3) is 22.6 Å². The van der Waals surface area contributed by atoms with Crippen molar-refractivity contribution < 1.29 is 4.74 Å². The maximum atomic E-state index is 13.5. The van der Waals surface area contributed by atoms with Gasteiger partial charge in [0, 0.05) is 11.9 Å². The van der Waals surface area contributed by atoms with Gasteiger partial charge in [-0.3, -0.25) is 9.20 Å². The third kappa shape index (κ3) is 3.99. The van der Waals surface area contributed by atoms with Crippen LogP contribution in [0.2, 0.25) is 0 Å². The van der Waals surface area contributed by atoms with E-state index in [1.54, 1.807) is 12.3 Å². The zero-order valence-corrected chi connectivity index (χ0v) is 19.7. The number of hydrogen-bond acceptors (Lipinski definition) is 4. The summed E-state index contributed by atoms with van der Waals surface area (Å²) in [5.41, 5.74) is 7.37. The van der Waals surface area contributed by atoms with E-state index in [1.807, 2.05) is 67.1 Å². The number of aryl methyl sites for hydroxylation is 4. The molecule has 0 radical (unpaired) electrons. The first kappa shape index (κ1) is 21.6. The Hall–Kier alpha value is -4.19. The van der Waals surface area contributed by atoms with Crippen molar-refractivity contribution in [2.45, 2.75) is 34.3 Å². The summed E-state index contributed by atoms with van der Waals surface area (Å²) >= 11 is 0. The van der Waals surface area contributed by atoms with Gasteiger partial charge in [-0.1, -0.05) is 47.5 Å². The summed E-state index contributed by atoms with van der Waals surface area (Å²) in [7, 11) is 0. The monoisotopic (exact) mass is 450 g/mol. The second-order valence-electron chi connectivity index (χ2n) is 8.64. The normalized spacial score (nSPS) is 11.2. The smallest absolute Gasteiger partial charge is 0.267 e. The molecule has 0 spiro atoms. The van der Waals surface area contributed by atoms with Crippen LogP contribution < -0.4 is 10.3 Å². The van der Waals surface area contributed by atoms with E-state index in [0.717, 1.165) is 16.9 Å². The molecular weight excluding hydrogens is 424 g/mol. The van der Waals surface area contributed by atoms with Gasteiger partial charge in [-0.2, -0.15) is 5.10 Å². The van der Waals surface area contributed by atoms with Crippen molar-refractivity contribution in [2.24, 2.45) is 0 Å². The van der Waals surface area contributed by atoms with Crippen LogP contribution in [-0.4, -0.2) is 19.2 Å². The molecule has 0 N–H and O–H groups in total. The average Bonchev–Trinajstić information content (AvgIpc) is 3.20. The Bertz CT molecular complexity index is 1550. The third-order valence-electron chi connectivity index (χ3n) is 5.94. The molecule has 34 heavy (non-hydrogen) atoms. The van der Waals surface area contributed by atoms with E-state index in [-0.39, 0.29) is 5.56 Å². The number of fused-ring (bicyclic) bond motifs is 1. The molecule has 170 valence electrons. The number of pyridine rings is 1. The van der Waals surface area contributed by atoms with Crippen LogP contribution in [0.4, 0.5) is 0 Å². The minimum absolute atomic E-state index is 0.170. The Balaban J connectivity index is 1.54. The number of nitrogens with zero attached hydrogens (tertiary/aromatic N) is 4. The highest BCUT2D eigenvalue weighted by atomic mass is 16.5. The van der Waals surface area contributed by atoms with Crippen LogP contribution in [0, 0.1) is 27.7 Å². The highest BCUT2D eigenvalue weighted by Gasteiger charge is 2.18. The lowest BCUT2D eigenvalue weighted by Gasteiger charge is -2.12. The average molecular weight is 451 g/mol. The van der Waals surface area contributed by atoms with Gasteiger partial charge < -0.3 is 4.74 Å². The summed E-state index contributed by atoms with van der Waals surface area (Å²) in [4.78, 5) is 18.3. The lowest BCUT2D eigenvalue weighted by molar-refractivity contribution is 0.308. The summed E-state index contributed by atoms with van der Waals surface area (Å²) in [6, 6.07) is 21.9. The molecule has 0 saturated heterocycles. The van der Waals surface area contributed by atoms with Crippen molar-refractivity contribution in [3.05, 3.63) is 111 Å². The molecule has 2 aromatic carbocycles. The molecule has 6 nitrogen and oxygen atoms in total. The number of ether oxygens (including phenoxy) is 1. The Labute approximate surface area is 198 Å². The van der Waals surface area contributed by atoms with Gasteiger partial charge in [-0.15, -0.1) is 0 Å². The minimum Gasteiger partial charge on any atom is -0.485 e. The highest BCUT2D eigenvalue weighted by molar-refractivity contribution is 5.65. The van der Waals surface area contributed by atoms with Crippen molar-refractivity contribution in [1.29, 1.82) is 0 Å². The molecule has 3 heterocycles. The molecular formula is C28H26N4O2. The zero-order chi connectivity index (χ0) is 23.8. The zero-order valence-electron chi connectivity index (χ0n) is 19.7. The number of aromatic nitrogens is 4. The van der Waals surface area contributed by atoms with Gasteiger partial charge in [-0.05, 0) is 63.6 Å². The molecule has 0 aliphatic carbocycles. The Morgan fingerprint density at radius 3 is 2.26 bits per heavy atom. The highest BCUT2D eigenvalue weighted by Crippen LogP contribution is 2.24. The fourth-order valence-electron chi connectivity index (χ4n) is 4.04. The molecule has 3 aromatic heterocycles. The summed E-state index contributed by atoms with van der Waals surface area (Å²) in [5, 5.41) is 4.75. The predicted octanol–water partition coefficient (Wildman–Crippen LogP) is 5.36. The van der Waals surface area contributed by atoms with Gasteiger partial charge in [0.15, 0.2) is 11.4 Å². The fourth-order valence-corrected chi connectivity index (χ4v) is 4.04. The van der Waals surface area contributed by atoms with Gasteiger partial charge >= 0.3 is 0 Å². The van der Waals surface area contributed by atoms with E-state index in [0.29, 0.717) is 35.0 Å². The van der Waals surface area contributed by atoms with E-state index < -0.39 is 0 Å². The van der Waals surface area contributed by atoms with Crippen LogP contribution in [0.5, 0.6) is 5.75 Å². The van der Waals surface area contributed by atoms with Crippen LogP contribution in [0.1, 0.15) is 28.1 Å².